The van der Waals surface area contributed by atoms with E-state index in [0.29, 0.717) is 17.1 Å². The largest absolute Gasteiger partial charge is 0.423 e. The summed E-state index contributed by atoms with van der Waals surface area (Å²) in [4.78, 5) is 36.8. The smallest absolute Gasteiger partial charge is 0.331 e. The van der Waals surface area contributed by atoms with E-state index in [-0.39, 0.29) is 24.9 Å². The summed E-state index contributed by atoms with van der Waals surface area (Å²) in [5, 5.41) is 5.45. The molecule has 1 heterocycles. The number of anilines is 3. The Labute approximate surface area is 150 Å². The molecule has 0 aliphatic carbocycles. The molecule has 0 unspecified atom stereocenters. The maximum atomic E-state index is 12.4. The Bertz CT molecular complexity index is 862. The quantitative estimate of drug-likeness (QED) is 0.651. The Balaban J connectivity index is 1.68. The number of carbonyl (C=O) groups excluding carboxylic acids is 3. The molecule has 0 bridgehead atoms. The van der Waals surface area contributed by atoms with Gasteiger partial charge < -0.3 is 20.3 Å². The Hall–Kier alpha value is -3.35. The SMILES string of the molecule is CC(=O)Nc1ccc(NC(=O)CN2CC(=O)Oc3ccc(C)cc32)cc1. The average molecular weight is 353 g/mol. The van der Waals surface area contributed by atoms with Gasteiger partial charge in [-0.3, -0.25) is 9.59 Å². The standard InChI is InChI=1S/C19H19N3O4/c1-12-3-8-17-16(9-12)22(11-19(25)26-17)10-18(24)21-15-6-4-14(5-7-15)20-13(2)23/h3-9H,10-11H2,1-2H3,(H,20,23)(H,21,24). The lowest BCUT2D eigenvalue weighted by Crippen LogP contribution is -2.41. The van der Waals surface area contributed by atoms with Crippen LogP contribution >= 0.6 is 0 Å². The molecular weight excluding hydrogens is 334 g/mol. The molecule has 2 amide bonds. The van der Waals surface area contributed by atoms with Crippen LogP contribution < -0.4 is 20.3 Å². The first-order valence-electron chi connectivity index (χ1n) is 8.14. The van der Waals surface area contributed by atoms with Crippen molar-refractivity contribution in [1.82, 2.24) is 0 Å². The summed E-state index contributed by atoms with van der Waals surface area (Å²) in [5.41, 5.74) is 2.99. The first kappa shape index (κ1) is 17.5. The van der Waals surface area contributed by atoms with E-state index in [2.05, 4.69) is 10.6 Å². The van der Waals surface area contributed by atoms with Gasteiger partial charge in [0.1, 0.15) is 6.54 Å². The molecule has 0 radical (unpaired) electrons. The molecule has 0 atom stereocenters. The van der Waals surface area contributed by atoms with Crippen molar-refractivity contribution in [3.8, 4) is 5.75 Å². The molecular formula is C19H19N3O4. The molecule has 0 saturated carbocycles. The highest BCUT2D eigenvalue weighted by molar-refractivity contribution is 5.96. The second-order valence-electron chi connectivity index (χ2n) is 6.11. The fraction of sp³-hybridized carbons (Fsp3) is 0.211. The molecule has 134 valence electrons. The van der Waals surface area contributed by atoms with E-state index >= 15 is 0 Å². The zero-order valence-corrected chi connectivity index (χ0v) is 14.5. The van der Waals surface area contributed by atoms with Gasteiger partial charge in [0.15, 0.2) is 5.75 Å². The minimum absolute atomic E-state index is 0.0192. The second-order valence-corrected chi connectivity index (χ2v) is 6.11. The van der Waals surface area contributed by atoms with Crippen molar-refractivity contribution < 1.29 is 19.1 Å². The van der Waals surface area contributed by atoms with Crippen LogP contribution in [0.3, 0.4) is 0 Å². The number of ether oxygens (including phenoxy) is 1. The molecule has 2 N–H and O–H groups in total. The molecule has 1 aliphatic rings. The zero-order chi connectivity index (χ0) is 18.7. The third-order valence-corrected chi connectivity index (χ3v) is 3.82. The summed E-state index contributed by atoms with van der Waals surface area (Å²) < 4.78 is 5.21. The van der Waals surface area contributed by atoms with Gasteiger partial charge in [-0.25, -0.2) is 4.79 Å². The van der Waals surface area contributed by atoms with Gasteiger partial charge in [-0.1, -0.05) is 6.07 Å². The monoisotopic (exact) mass is 353 g/mol. The van der Waals surface area contributed by atoms with Crippen molar-refractivity contribution in [3.63, 3.8) is 0 Å². The van der Waals surface area contributed by atoms with Crippen molar-refractivity contribution in [3.05, 3.63) is 48.0 Å². The third-order valence-electron chi connectivity index (χ3n) is 3.82. The van der Waals surface area contributed by atoms with Gasteiger partial charge in [0.2, 0.25) is 11.8 Å². The number of aryl methyl sites for hydroxylation is 1. The van der Waals surface area contributed by atoms with Gasteiger partial charge in [-0.15, -0.1) is 0 Å². The topological polar surface area (TPSA) is 87.7 Å². The lowest BCUT2D eigenvalue weighted by atomic mass is 10.1. The molecule has 7 heteroatoms. The highest BCUT2D eigenvalue weighted by atomic mass is 16.5. The van der Waals surface area contributed by atoms with Crippen molar-refractivity contribution in [2.75, 3.05) is 28.6 Å². The van der Waals surface area contributed by atoms with E-state index in [4.69, 9.17) is 4.74 Å². The predicted molar refractivity (Wildman–Crippen MR) is 98.4 cm³/mol. The van der Waals surface area contributed by atoms with Gasteiger partial charge >= 0.3 is 5.97 Å². The van der Waals surface area contributed by atoms with E-state index < -0.39 is 5.97 Å². The molecule has 0 spiro atoms. The number of nitrogens with one attached hydrogen (secondary N) is 2. The number of esters is 1. The maximum absolute atomic E-state index is 12.4. The van der Waals surface area contributed by atoms with Crippen molar-refractivity contribution >= 4 is 34.8 Å². The number of amides is 2. The predicted octanol–water partition coefficient (Wildman–Crippen LogP) is 2.32. The Morgan fingerprint density at radius 2 is 1.73 bits per heavy atom. The second kappa shape index (κ2) is 7.26. The summed E-state index contributed by atoms with van der Waals surface area (Å²) in [6.07, 6.45) is 0. The minimum Gasteiger partial charge on any atom is -0.423 e. The van der Waals surface area contributed by atoms with Crippen LogP contribution in [-0.4, -0.2) is 30.9 Å². The number of carbonyl (C=O) groups is 3. The van der Waals surface area contributed by atoms with Crippen LogP contribution in [0.5, 0.6) is 5.75 Å². The van der Waals surface area contributed by atoms with E-state index in [1.807, 2.05) is 19.1 Å². The van der Waals surface area contributed by atoms with Crippen LogP contribution in [0.4, 0.5) is 17.1 Å². The summed E-state index contributed by atoms with van der Waals surface area (Å²) in [6, 6.07) is 12.3. The summed E-state index contributed by atoms with van der Waals surface area (Å²) in [7, 11) is 0. The first-order valence-corrected chi connectivity index (χ1v) is 8.14. The molecule has 0 fully saturated rings. The number of fused-ring (bicyclic) bond motifs is 1. The van der Waals surface area contributed by atoms with E-state index in [9.17, 15) is 14.4 Å². The van der Waals surface area contributed by atoms with E-state index in [1.165, 1.54) is 6.92 Å². The Kier molecular flexibility index (Phi) is 4.88. The van der Waals surface area contributed by atoms with Crippen LogP contribution in [0.1, 0.15) is 12.5 Å². The maximum Gasteiger partial charge on any atom is 0.331 e. The van der Waals surface area contributed by atoms with E-state index in [1.54, 1.807) is 35.2 Å². The molecule has 2 aromatic carbocycles. The normalized spacial score (nSPS) is 12.8. The summed E-state index contributed by atoms with van der Waals surface area (Å²) >= 11 is 0. The van der Waals surface area contributed by atoms with Crippen LogP contribution in [0, 0.1) is 6.92 Å². The summed E-state index contributed by atoms with van der Waals surface area (Å²) in [6.45, 7) is 3.41. The lowest BCUT2D eigenvalue weighted by Gasteiger charge is -2.29. The van der Waals surface area contributed by atoms with Crippen molar-refractivity contribution in [1.29, 1.82) is 0 Å². The van der Waals surface area contributed by atoms with Crippen LogP contribution in [-0.2, 0) is 14.4 Å². The van der Waals surface area contributed by atoms with Gasteiger partial charge in [0.25, 0.3) is 0 Å². The highest BCUT2D eigenvalue weighted by Crippen LogP contribution is 2.32. The average Bonchev–Trinajstić information content (AvgIpc) is 2.57. The minimum atomic E-state index is -0.395. The fourth-order valence-corrected chi connectivity index (χ4v) is 2.71. The molecule has 2 aromatic rings. The Morgan fingerprint density at radius 1 is 1.08 bits per heavy atom. The van der Waals surface area contributed by atoms with Gasteiger partial charge in [-0.2, -0.15) is 0 Å². The fourth-order valence-electron chi connectivity index (χ4n) is 2.71. The number of hydrogen-bond acceptors (Lipinski definition) is 5. The number of nitrogens with zero attached hydrogens (tertiary/aromatic N) is 1. The van der Waals surface area contributed by atoms with E-state index in [0.717, 1.165) is 11.3 Å². The Morgan fingerprint density at radius 3 is 2.38 bits per heavy atom. The van der Waals surface area contributed by atoms with Gasteiger partial charge in [0.05, 0.1) is 12.2 Å². The van der Waals surface area contributed by atoms with Crippen LogP contribution in [0.15, 0.2) is 42.5 Å². The summed E-state index contributed by atoms with van der Waals surface area (Å²) in [5.74, 6) is -0.347. The third kappa shape index (κ3) is 4.18. The zero-order valence-electron chi connectivity index (χ0n) is 14.5. The molecule has 3 rings (SSSR count). The molecule has 0 saturated heterocycles. The number of rotatable bonds is 4. The molecule has 0 aromatic heterocycles. The highest BCUT2D eigenvalue weighted by Gasteiger charge is 2.25. The van der Waals surface area contributed by atoms with Crippen LogP contribution in [0.25, 0.3) is 0 Å². The molecule has 26 heavy (non-hydrogen) atoms. The van der Waals surface area contributed by atoms with Crippen molar-refractivity contribution in [2.24, 2.45) is 0 Å². The lowest BCUT2D eigenvalue weighted by molar-refractivity contribution is -0.133. The molecule has 1 aliphatic heterocycles. The number of hydrogen-bond donors (Lipinski definition) is 2. The van der Waals surface area contributed by atoms with Gasteiger partial charge in [-0.05, 0) is 48.9 Å². The van der Waals surface area contributed by atoms with Crippen LogP contribution in [0.2, 0.25) is 0 Å². The van der Waals surface area contributed by atoms with Gasteiger partial charge in [0, 0.05) is 18.3 Å². The number of benzene rings is 2. The molecule has 7 nitrogen and oxygen atoms in total. The van der Waals surface area contributed by atoms with Crippen molar-refractivity contribution in [2.45, 2.75) is 13.8 Å². The first-order chi connectivity index (χ1) is 12.4.